The van der Waals surface area contributed by atoms with Crippen molar-refractivity contribution in [3.8, 4) is 0 Å². The maximum absolute atomic E-state index is 11.8. The highest BCUT2D eigenvalue weighted by Gasteiger charge is 2.24. The molecule has 1 fully saturated rings. The fourth-order valence-corrected chi connectivity index (χ4v) is 2.72. The lowest BCUT2D eigenvalue weighted by molar-refractivity contribution is -0.139. The van der Waals surface area contributed by atoms with E-state index in [0.29, 0.717) is 19.8 Å². The average molecular weight is 334 g/mol. The van der Waals surface area contributed by atoms with Crippen molar-refractivity contribution in [1.29, 1.82) is 0 Å². The van der Waals surface area contributed by atoms with Gasteiger partial charge in [0.1, 0.15) is 0 Å². The summed E-state index contributed by atoms with van der Waals surface area (Å²) in [6.45, 7) is 3.34. The van der Waals surface area contributed by atoms with Gasteiger partial charge in [0, 0.05) is 46.5 Å². The van der Waals surface area contributed by atoms with Gasteiger partial charge in [-0.05, 0) is 17.7 Å². The fraction of sp³-hybridized carbons (Fsp3) is 0.529. The van der Waals surface area contributed by atoms with Gasteiger partial charge in [-0.1, -0.05) is 12.1 Å². The first-order chi connectivity index (χ1) is 11.5. The first-order valence-corrected chi connectivity index (χ1v) is 8.12. The molecule has 132 valence electrons. The molecular weight excluding hydrogens is 308 g/mol. The molecule has 2 rings (SSSR count). The minimum absolute atomic E-state index is 0.0127. The summed E-state index contributed by atoms with van der Waals surface area (Å²) < 4.78 is 5.42. The highest BCUT2D eigenvalue weighted by atomic mass is 16.5. The van der Waals surface area contributed by atoms with Crippen molar-refractivity contribution in [2.45, 2.75) is 6.04 Å². The second-order valence-electron chi connectivity index (χ2n) is 5.94. The van der Waals surface area contributed by atoms with Crippen molar-refractivity contribution in [3.63, 3.8) is 0 Å². The molecule has 1 saturated heterocycles. The van der Waals surface area contributed by atoms with Crippen molar-refractivity contribution in [2.24, 2.45) is 0 Å². The monoisotopic (exact) mass is 334 g/mol. The molecule has 0 radical (unpaired) electrons. The van der Waals surface area contributed by atoms with Crippen molar-refractivity contribution in [2.75, 3.05) is 58.9 Å². The van der Waals surface area contributed by atoms with E-state index >= 15 is 0 Å². The Morgan fingerprint density at radius 1 is 1.17 bits per heavy atom. The van der Waals surface area contributed by atoms with E-state index in [1.54, 1.807) is 0 Å². The number of nitrogens with zero attached hydrogens (tertiary/aromatic N) is 2. The Labute approximate surface area is 142 Å². The average Bonchev–Trinajstić information content (AvgIpc) is 2.62. The van der Waals surface area contributed by atoms with E-state index < -0.39 is 11.8 Å². The van der Waals surface area contributed by atoms with Gasteiger partial charge in [-0.3, -0.25) is 14.5 Å². The number of likely N-dealkylation sites (N-methyl/N-ethyl adjacent to an activating group) is 1. The first kappa shape index (κ1) is 18.2. The van der Waals surface area contributed by atoms with Gasteiger partial charge in [0.05, 0.1) is 19.3 Å². The van der Waals surface area contributed by atoms with Gasteiger partial charge in [-0.2, -0.15) is 0 Å². The van der Waals surface area contributed by atoms with Crippen LogP contribution < -0.4 is 15.5 Å². The standard InChI is InChI=1S/C17H26N4O3/c1-18-16(22)17(23)19-12-15(21-8-10-24-11-9-21)13-4-6-14(7-5-13)20(2)3/h4-7,15H,8-12H2,1-3H3,(H,18,22)(H,19,23)/t15-/m0/s1. The smallest absolute Gasteiger partial charge is 0.309 e. The number of anilines is 1. The molecule has 1 aliphatic heterocycles. The van der Waals surface area contributed by atoms with Crippen LogP contribution in [0.5, 0.6) is 0 Å². The number of morpholine rings is 1. The van der Waals surface area contributed by atoms with E-state index in [-0.39, 0.29) is 6.04 Å². The van der Waals surface area contributed by atoms with Crippen LogP contribution in [0.1, 0.15) is 11.6 Å². The van der Waals surface area contributed by atoms with Crippen LogP contribution in [-0.4, -0.2) is 70.7 Å². The van der Waals surface area contributed by atoms with Crippen LogP contribution >= 0.6 is 0 Å². The van der Waals surface area contributed by atoms with Crippen LogP contribution in [0.3, 0.4) is 0 Å². The lowest BCUT2D eigenvalue weighted by atomic mass is 10.0. The molecule has 2 N–H and O–H groups in total. The third-order valence-electron chi connectivity index (χ3n) is 4.17. The van der Waals surface area contributed by atoms with Crippen molar-refractivity contribution in [3.05, 3.63) is 29.8 Å². The van der Waals surface area contributed by atoms with Crippen molar-refractivity contribution < 1.29 is 14.3 Å². The molecule has 0 spiro atoms. The number of rotatable bonds is 5. The van der Waals surface area contributed by atoms with Gasteiger partial charge in [-0.15, -0.1) is 0 Å². The highest BCUT2D eigenvalue weighted by molar-refractivity contribution is 6.35. The molecule has 0 bridgehead atoms. The predicted octanol–water partition coefficient (Wildman–Crippen LogP) is -0.0119. The molecule has 1 heterocycles. The summed E-state index contributed by atoms with van der Waals surface area (Å²) >= 11 is 0. The van der Waals surface area contributed by atoms with E-state index in [0.717, 1.165) is 24.3 Å². The minimum Gasteiger partial charge on any atom is -0.379 e. The maximum atomic E-state index is 11.8. The van der Waals surface area contributed by atoms with Crippen molar-refractivity contribution in [1.82, 2.24) is 15.5 Å². The summed E-state index contributed by atoms with van der Waals surface area (Å²) in [5.41, 5.74) is 2.23. The summed E-state index contributed by atoms with van der Waals surface area (Å²) in [4.78, 5) is 27.5. The molecule has 2 amide bonds. The number of carbonyl (C=O) groups excluding carboxylic acids is 2. The second-order valence-corrected chi connectivity index (χ2v) is 5.94. The van der Waals surface area contributed by atoms with Crippen LogP contribution in [0.15, 0.2) is 24.3 Å². The molecule has 0 unspecified atom stereocenters. The number of hydrogen-bond donors (Lipinski definition) is 2. The second kappa shape index (κ2) is 8.65. The summed E-state index contributed by atoms with van der Waals surface area (Å²) in [5, 5.41) is 5.06. The van der Waals surface area contributed by atoms with E-state index in [1.165, 1.54) is 7.05 Å². The Morgan fingerprint density at radius 2 is 1.79 bits per heavy atom. The molecule has 0 aromatic heterocycles. The summed E-state index contributed by atoms with van der Waals surface area (Å²) in [7, 11) is 5.44. The largest absolute Gasteiger partial charge is 0.379 e. The molecule has 7 nitrogen and oxygen atoms in total. The van der Waals surface area contributed by atoms with E-state index in [1.807, 2.05) is 19.0 Å². The summed E-state index contributed by atoms with van der Waals surface area (Å²) in [6, 6.07) is 8.27. The van der Waals surface area contributed by atoms with Gasteiger partial charge in [0.15, 0.2) is 0 Å². The summed E-state index contributed by atoms with van der Waals surface area (Å²) in [5.74, 6) is -1.24. The number of nitrogens with one attached hydrogen (secondary N) is 2. The zero-order valence-corrected chi connectivity index (χ0v) is 14.5. The molecule has 7 heteroatoms. The third kappa shape index (κ3) is 4.69. The molecular formula is C17H26N4O3. The third-order valence-corrected chi connectivity index (χ3v) is 4.17. The molecule has 0 saturated carbocycles. The molecule has 1 aliphatic rings. The summed E-state index contributed by atoms with van der Waals surface area (Å²) in [6.07, 6.45) is 0. The van der Waals surface area contributed by atoms with E-state index in [4.69, 9.17) is 4.74 Å². The van der Waals surface area contributed by atoms with Crippen LogP contribution in [0.25, 0.3) is 0 Å². The number of amides is 2. The molecule has 1 aromatic rings. The zero-order chi connectivity index (χ0) is 17.5. The Morgan fingerprint density at radius 3 is 2.33 bits per heavy atom. The topological polar surface area (TPSA) is 73.9 Å². The lowest BCUT2D eigenvalue weighted by Crippen LogP contribution is -2.46. The number of hydrogen-bond acceptors (Lipinski definition) is 5. The van der Waals surface area contributed by atoms with Gasteiger partial charge in [-0.25, -0.2) is 0 Å². The fourth-order valence-electron chi connectivity index (χ4n) is 2.72. The Balaban J connectivity index is 2.12. The number of ether oxygens (including phenoxy) is 1. The van der Waals surface area contributed by atoms with Crippen LogP contribution in [0.4, 0.5) is 5.69 Å². The van der Waals surface area contributed by atoms with Crippen molar-refractivity contribution >= 4 is 17.5 Å². The Kier molecular flexibility index (Phi) is 6.57. The van der Waals surface area contributed by atoms with Gasteiger partial charge in [0.2, 0.25) is 0 Å². The number of benzene rings is 1. The predicted molar refractivity (Wildman–Crippen MR) is 93.0 cm³/mol. The molecule has 24 heavy (non-hydrogen) atoms. The van der Waals surface area contributed by atoms with Gasteiger partial charge < -0.3 is 20.3 Å². The number of carbonyl (C=O) groups is 2. The van der Waals surface area contributed by atoms with E-state index in [9.17, 15) is 9.59 Å². The highest BCUT2D eigenvalue weighted by Crippen LogP contribution is 2.23. The van der Waals surface area contributed by atoms with Crippen LogP contribution in [-0.2, 0) is 14.3 Å². The lowest BCUT2D eigenvalue weighted by Gasteiger charge is -2.35. The quantitative estimate of drug-likeness (QED) is 0.741. The van der Waals surface area contributed by atoms with Crippen LogP contribution in [0, 0.1) is 0 Å². The Bertz CT molecular complexity index is 553. The normalized spacial score (nSPS) is 16.3. The zero-order valence-electron chi connectivity index (χ0n) is 14.5. The van der Waals surface area contributed by atoms with Gasteiger partial charge >= 0.3 is 11.8 Å². The molecule has 1 atom stereocenters. The first-order valence-electron chi connectivity index (χ1n) is 8.12. The SMILES string of the molecule is CNC(=O)C(=O)NC[C@@H](c1ccc(N(C)C)cc1)N1CCOCC1. The Hall–Kier alpha value is -2.12. The van der Waals surface area contributed by atoms with Gasteiger partial charge in [0.25, 0.3) is 0 Å². The minimum atomic E-state index is -0.626. The maximum Gasteiger partial charge on any atom is 0.309 e. The molecule has 0 aliphatic carbocycles. The van der Waals surface area contributed by atoms with E-state index in [2.05, 4.69) is 39.8 Å². The van der Waals surface area contributed by atoms with Crippen LogP contribution in [0.2, 0.25) is 0 Å². The molecule has 1 aromatic carbocycles.